The standard InChI is InChI=1S/C29H23ClF4N6O3/c30-22-4-2-1-3-21(22)26(27(42)38-19-11-29(33,34)12-19)39(20-9-17(31)8-18(32)10-20)28(43)23-14-36-15-25(41)40(23)24-7-16(13-35)5-6-37-24/h1-10,19,23,26,36H,11-12,14-15H2,(H,38,42)/t23-,26?/m0/s1. The molecule has 2 aromatic carbocycles. The Morgan fingerprint density at radius 1 is 1.14 bits per heavy atom. The minimum Gasteiger partial charge on any atom is -0.351 e. The zero-order chi connectivity index (χ0) is 30.9. The van der Waals surface area contributed by atoms with E-state index in [4.69, 9.17) is 11.6 Å². The number of nitrogens with zero attached hydrogens (tertiary/aromatic N) is 4. The zero-order valence-corrected chi connectivity index (χ0v) is 23.0. The van der Waals surface area contributed by atoms with Crippen LogP contribution in [0.1, 0.15) is 30.0 Å². The number of aromatic nitrogens is 1. The van der Waals surface area contributed by atoms with Crippen molar-refractivity contribution in [1.29, 1.82) is 5.26 Å². The molecule has 2 N–H and O–H groups in total. The molecule has 1 aromatic heterocycles. The number of amides is 3. The molecule has 1 unspecified atom stereocenters. The summed E-state index contributed by atoms with van der Waals surface area (Å²) in [5.41, 5.74) is -0.201. The molecule has 9 nitrogen and oxygen atoms in total. The van der Waals surface area contributed by atoms with Gasteiger partial charge in [-0.15, -0.1) is 0 Å². The van der Waals surface area contributed by atoms with Crippen LogP contribution in [0.25, 0.3) is 0 Å². The van der Waals surface area contributed by atoms with E-state index in [0.29, 0.717) is 6.07 Å². The minimum absolute atomic E-state index is 0.00866. The predicted octanol–water partition coefficient (Wildman–Crippen LogP) is 3.88. The minimum atomic E-state index is -2.97. The number of alkyl halides is 2. The van der Waals surface area contributed by atoms with Crippen LogP contribution in [0.4, 0.5) is 29.1 Å². The van der Waals surface area contributed by atoms with Gasteiger partial charge in [0.15, 0.2) is 0 Å². The Kier molecular flexibility index (Phi) is 8.34. The van der Waals surface area contributed by atoms with Crippen LogP contribution in [0, 0.1) is 23.0 Å². The maximum atomic E-state index is 14.6. The third kappa shape index (κ3) is 6.30. The highest BCUT2D eigenvalue weighted by Crippen LogP contribution is 2.39. The van der Waals surface area contributed by atoms with Gasteiger partial charge in [0, 0.05) is 48.3 Å². The molecule has 43 heavy (non-hydrogen) atoms. The van der Waals surface area contributed by atoms with Gasteiger partial charge >= 0.3 is 0 Å². The molecular formula is C29H23ClF4N6O3. The van der Waals surface area contributed by atoms with Crippen molar-refractivity contribution >= 4 is 40.8 Å². The number of carbonyl (C=O) groups is 3. The average molecular weight is 615 g/mol. The van der Waals surface area contributed by atoms with E-state index in [-0.39, 0.29) is 35.1 Å². The highest BCUT2D eigenvalue weighted by molar-refractivity contribution is 6.31. The van der Waals surface area contributed by atoms with E-state index in [1.54, 1.807) is 6.07 Å². The van der Waals surface area contributed by atoms with Gasteiger partial charge in [0.2, 0.25) is 11.8 Å². The molecular weight excluding hydrogens is 592 g/mol. The first-order chi connectivity index (χ1) is 20.5. The van der Waals surface area contributed by atoms with Crippen LogP contribution < -0.4 is 20.4 Å². The van der Waals surface area contributed by atoms with Gasteiger partial charge in [0.25, 0.3) is 11.8 Å². The van der Waals surface area contributed by atoms with Crippen molar-refractivity contribution in [3.63, 3.8) is 0 Å². The van der Waals surface area contributed by atoms with Crippen LogP contribution in [-0.4, -0.2) is 53.8 Å². The quantitative estimate of drug-likeness (QED) is 0.390. The lowest BCUT2D eigenvalue weighted by molar-refractivity contribution is -0.133. The Labute approximate surface area is 248 Å². The molecule has 0 spiro atoms. The van der Waals surface area contributed by atoms with Crippen LogP contribution in [-0.2, 0) is 14.4 Å². The van der Waals surface area contributed by atoms with Gasteiger partial charge < -0.3 is 10.6 Å². The number of nitriles is 1. The zero-order valence-electron chi connectivity index (χ0n) is 22.2. The largest absolute Gasteiger partial charge is 0.351 e. The molecule has 1 aliphatic heterocycles. The number of pyridine rings is 1. The molecule has 0 radical (unpaired) electrons. The Morgan fingerprint density at radius 2 is 1.84 bits per heavy atom. The maximum Gasteiger partial charge on any atom is 0.252 e. The molecule has 1 saturated heterocycles. The van der Waals surface area contributed by atoms with Crippen molar-refractivity contribution in [3.05, 3.63) is 88.6 Å². The summed E-state index contributed by atoms with van der Waals surface area (Å²) in [6, 6.07) is 8.72. The highest BCUT2D eigenvalue weighted by atomic mass is 35.5. The Bertz CT molecular complexity index is 1610. The van der Waals surface area contributed by atoms with Crippen LogP contribution in [0.5, 0.6) is 0 Å². The third-order valence-corrected chi connectivity index (χ3v) is 7.45. The summed E-state index contributed by atoms with van der Waals surface area (Å²) < 4.78 is 56.4. The first-order valence-corrected chi connectivity index (χ1v) is 13.5. The monoisotopic (exact) mass is 614 g/mol. The number of benzene rings is 2. The molecule has 1 saturated carbocycles. The highest BCUT2D eigenvalue weighted by Gasteiger charge is 2.48. The molecule has 14 heteroatoms. The van der Waals surface area contributed by atoms with Gasteiger partial charge in [0.1, 0.15) is 29.5 Å². The SMILES string of the molecule is N#Cc1ccnc(N2C(=O)CNC[C@H]2C(=O)N(c2cc(F)cc(F)c2)C(C(=O)NC2CC(F)(F)C2)c2ccccc2Cl)c1. The van der Waals surface area contributed by atoms with E-state index in [2.05, 4.69) is 15.6 Å². The molecule has 3 amide bonds. The lowest BCUT2D eigenvalue weighted by atomic mass is 9.87. The van der Waals surface area contributed by atoms with Crippen LogP contribution >= 0.6 is 11.6 Å². The first-order valence-electron chi connectivity index (χ1n) is 13.1. The molecule has 2 fully saturated rings. The predicted molar refractivity (Wildman–Crippen MR) is 147 cm³/mol. The molecule has 222 valence electrons. The van der Waals surface area contributed by atoms with Gasteiger partial charge in [0.05, 0.1) is 23.9 Å². The third-order valence-electron chi connectivity index (χ3n) is 7.11. The number of hydrogen-bond acceptors (Lipinski definition) is 6. The van der Waals surface area contributed by atoms with Gasteiger partial charge in [-0.3, -0.25) is 24.2 Å². The number of anilines is 2. The van der Waals surface area contributed by atoms with Crippen molar-refractivity contribution in [3.8, 4) is 6.07 Å². The number of rotatable bonds is 7. The van der Waals surface area contributed by atoms with Crippen molar-refractivity contribution in [2.45, 2.75) is 36.9 Å². The fraction of sp³-hybridized carbons (Fsp3) is 0.276. The van der Waals surface area contributed by atoms with E-state index in [1.165, 1.54) is 36.5 Å². The fourth-order valence-electron chi connectivity index (χ4n) is 5.15. The molecule has 1 aliphatic carbocycles. The Balaban J connectivity index is 1.65. The smallest absolute Gasteiger partial charge is 0.252 e. The van der Waals surface area contributed by atoms with Crippen LogP contribution in [0.3, 0.4) is 0 Å². The Hall–Kier alpha value is -4.54. The van der Waals surface area contributed by atoms with Crippen LogP contribution in [0.15, 0.2) is 60.8 Å². The van der Waals surface area contributed by atoms with E-state index in [9.17, 15) is 37.2 Å². The summed E-state index contributed by atoms with van der Waals surface area (Å²) >= 11 is 6.45. The van der Waals surface area contributed by atoms with Crippen molar-refractivity contribution in [1.82, 2.24) is 15.6 Å². The molecule has 3 aromatic rings. The lowest BCUT2D eigenvalue weighted by Crippen LogP contribution is -2.63. The average Bonchev–Trinajstić information content (AvgIpc) is 2.94. The van der Waals surface area contributed by atoms with E-state index < -0.39 is 71.9 Å². The van der Waals surface area contributed by atoms with Gasteiger partial charge in [-0.25, -0.2) is 22.5 Å². The number of hydrogen-bond donors (Lipinski definition) is 2. The number of nitrogens with one attached hydrogen (secondary N) is 2. The van der Waals surface area contributed by atoms with Crippen LogP contribution in [0.2, 0.25) is 5.02 Å². The molecule has 2 heterocycles. The second kappa shape index (κ2) is 12.0. The fourth-order valence-corrected chi connectivity index (χ4v) is 5.39. The molecule has 0 bridgehead atoms. The Morgan fingerprint density at radius 3 is 2.49 bits per heavy atom. The molecule has 2 atom stereocenters. The maximum absolute atomic E-state index is 14.6. The van der Waals surface area contributed by atoms with Gasteiger partial charge in [-0.1, -0.05) is 29.8 Å². The lowest BCUT2D eigenvalue weighted by Gasteiger charge is -2.41. The van der Waals surface area contributed by atoms with Gasteiger partial charge in [-0.2, -0.15) is 5.26 Å². The topological polar surface area (TPSA) is 118 Å². The second-order valence-electron chi connectivity index (χ2n) is 10.2. The van der Waals surface area contributed by atoms with E-state index >= 15 is 0 Å². The van der Waals surface area contributed by atoms with Crippen molar-refractivity contribution in [2.75, 3.05) is 22.9 Å². The molecule has 2 aliphatic rings. The van der Waals surface area contributed by atoms with Crippen molar-refractivity contribution < 1.29 is 31.9 Å². The summed E-state index contributed by atoms with van der Waals surface area (Å²) in [7, 11) is 0. The van der Waals surface area contributed by atoms with Gasteiger partial charge in [-0.05, 0) is 30.3 Å². The first kappa shape index (κ1) is 29.9. The summed E-state index contributed by atoms with van der Waals surface area (Å²) in [6.07, 6.45) is 0.0112. The summed E-state index contributed by atoms with van der Waals surface area (Å²) in [5.74, 6) is -7.64. The second-order valence-corrected chi connectivity index (χ2v) is 10.6. The summed E-state index contributed by atoms with van der Waals surface area (Å²) in [4.78, 5) is 47.5. The summed E-state index contributed by atoms with van der Waals surface area (Å²) in [5, 5.41) is 14.7. The normalized spacial score (nSPS) is 18.7. The summed E-state index contributed by atoms with van der Waals surface area (Å²) in [6.45, 7) is -0.357. The van der Waals surface area contributed by atoms with E-state index in [0.717, 1.165) is 21.9 Å². The van der Waals surface area contributed by atoms with Crippen molar-refractivity contribution in [2.24, 2.45) is 0 Å². The number of halogens is 5. The number of piperazine rings is 1. The van der Waals surface area contributed by atoms with E-state index in [1.807, 2.05) is 6.07 Å². The molecule has 5 rings (SSSR count). The number of carbonyl (C=O) groups excluding carboxylic acids is 3.